The third kappa shape index (κ3) is 3.57. The molecule has 0 radical (unpaired) electrons. The first-order valence-electron chi connectivity index (χ1n) is 8.15. The summed E-state index contributed by atoms with van der Waals surface area (Å²) in [7, 11) is 0. The maximum atomic E-state index is 5.48. The molecule has 1 aromatic heterocycles. The van der Waals surface area contributed by atoms with Crippen molar-refractivity contribution in [2.45, 2.75) is 51.4 Å². The molecule has 1 unspecified atom stereocenters. The highest BCUT2D eigenvalue weighted by molar-refractivity contribution is 9.10. The Balaban J connectivity index is 1.87. The minimum Gasteiger partial charge on any atom is -0.381 e. The van der Waals surface area contributed by atoms with Crippen LogP contribution in [-0.4, -0.2) is 29.7 Å². The Morgan fingerprint density at radius 2 is 2.05 bits per heavy atom. The topological polar surface area (TPSA) is 47.0 Å². The monoisotopic (exact) mass is 353 g/mol. The third-order valence-electron chi connectivity index (χ3n) is 4.50. The quantitative estimate of drug-likeness (QED) is 0.871. The second kappa shape index (κ2) is 7.05. The lowest BCUT2D eigenvalue weighted by molar-refractivity contribution is 0.185. The maximum absolute atomic E-state index is 5.48. The van der Waals surface area contributed by atoms with Crippen molar-refractivity contribution in [2.24, 2.45) is 5.92 Å². The molecule has 5 heteroatoms. The summed E-state index contributed by atoms with van der Waals surface area (Å²) in [4.78, 5) is 9.64. The average molecular weight is 354 g/mol. The van der Waals surface area contributed by atoms with Gasteiger partial charge in [0, 0.05) is 32.1 Å². The molecule has 1 saturated carbocycles. The summed E-state index contributed by atoms with van der Waals surface area (Å²) in [5.41, 5.74) is 1.22. The van der Waals surface area contributed by atoms with Gasteiger partial charge in [-0.15, -0.1) is 0 Å². The molecule has 1 atom stereocenters. The van der Waals surface area contributed by atoms with Gasteiger partial charge in [-0.3, -0.25) is 0 Å². The standard InChI is InChI=1S/C16H24BrN3O/c1-2-18-16-14(17)15(12-5-3-4-6-12)19-13(20-16)9-11-7-8-21-10-11/h11-12H,2-10H2,1H3,(H,18,19,20). The van der Waals surface area contributed by atoms with Gasteiger partial charge in [0.15, 0.2) is 0 Å². The summed E-state index contributed by atoms with van der Waals surface area (Å²) < 4.78 is 6.55. The van der Waals surface area contributed by atoms with Gasteiger partial charge < -0.3 is 10.1 Å². The third-order valence-corrected chi connectivity index (χ3v) is 5.29. The molecule has 21 heavy (non-hydrogen) atoms. The fourth-order valence-electron chi connectivity index (χ4n) is 3.36. The van der Waals surface area contributed by atoms with E-state index in [0.29, 0.717) is 11.8 Å². The predicted octanol–water partition coefficient (Wildman–Crippen LogP) is 3.91. The summed E-state index contributed by atoms with van der Waals surface area (Å²) in [6.07, 6.45) is 7.23. The minimum absolute atomic E-state index is 0.581. The van der Waals surface area contributed by atoms with Gasteiger partial charge in [0.2, 0.25) is 0 Å². The highest BCUT2D eigenvalue weighted by atomic mass is 79.9. The molecule has 1 N–H and O–H groups in total. The number of rotatable bonds is 5. The van der Waals surface area contributed by atoms with Gasteiger partial charge in [0.1, 0.15) is 11.6 Å². The number of nitrogens with zero attached hydrogens (tertiary/aromatic N) is 2. The smallest absolute Gasteiger partial charge is 0.144 e. The predicted molar refractivity (Wildman–Crippen MR) is 87.7 cm³/mol. The van der Waals surface area contributed by atoms with E-state index in [1.54, 1.807) is 0 Å². The van der Waals surface area contributed by atoms with Crippen molar-refractivity contribution in [3.05, 3.63) is 16.0 Å². The molecule has 0 bridgehead atoms. The lowest BCUT2D eigenvalue weighted by Gasteiger charge is -2.17. The molecule has 2 fully saturated rings. The van der Waals surface area contributed by atoms with Crippen LogP contribution in [0.5, 0.6) is 0 Å². The number of ether oxygens (including phenoxy) is 1. The molecule has 4 nitrogen and oxygen atoms in total. The second-order valence-corrected chi connectivity index (χ2v) is 6.93. The van der Waals surface area contributed by atoms with E-state index in [1.807, 2.05) is 0 Å². The van der Waals surface area contributed by atoms with Gasteiger partial charge in [0.05, 0.1) is 10.2 Å². The molecule has 1 aliphatic heterocycles. The summed E-state index contributed by atoms with van der Waals surface area (Å²) in [6, 6.07) is 0. The van der Waals surface area contributed by atoms with Crippen molar-refractivity contribution in [1.82, 2.24) is 9.97 Å². The number of halogens is 1. The molecule has 3 rings (SSSR count). The molecule has 1 saturated heterocycles. The van der Waals surface area contributed by atoms with Crippen molar-refractivity contribution in [2.75, 3.05) is 25.1 Å². The van der Waals surface area contributed by atoms with Gasteiger partial charge in [-0.25, -0.2) is 9.97 Å². The van der Waals surface area contributed by atoms with E-state index < -0.39 is 0 Å². The summed E-state index contributed by atoms with van der Waals surface area (Å²) in [6.45, 7) is 4.73. The molecular formula is C16H24BrN3O. The van der Waals surface area contributed by atoms with Crippen molar-refractivity contribution in [3.8, 4) is 0 Å². The van der Waals surface area contributed by atoms with Crippen LogP contribution in [0.15, 0.2) is 4.47 Å². The number of hydrogen-bond acceptors (Lipinski definition) is 4. The van der Waals surface area contributed by atoms with E-state index in [-0.39, 0.29) is 0 Å². The van der Waals surface area contributed by atoms with Crippen LogP contribution in [0.25, 0.3) is 0 Å². The first kappa shape index (κ1) is 15.2. The van der Waals surface area contributed by atoms with Crippen molar-refractivity contribution in [1.29, 1.82) is 0 Å². The van der Waals surface area contributed by atoms with Crippen LogP contribution < -0.4 is 5.32 Å². The van der Waals surface area contributed by atoms with Crippen LogP contribution in [-0.2, 0) is 11.2 Å². The Morgan fingerprint density at radius 3 is 2.71 bits per heavy atom. The number of hydrogen-bond donors (Lipinski definition) is 1. The van der Waals surface area contributed by atoms with Gasteiger partial charge in [-0.1, -0.05) is 12.8 Å². The van der Waals surface area contributed by atoms with Gasteiger partial charge in [-0.2, -0.15) is 0 Å². The minimum atomic E-state index is 0.581. The summed E-state index contributed by atoms with van der Waals surface area (Å²) in [5, 5.41) is 3.38. The van der Waals surface area contributed by atoms with Crippen LogP contribution in [0.2, 0.25) is 0 Å². The maximum Gasteiger partial charge on any atom is 0.144 e. The highest BCUT2D eigenvalue weighted by Crippen LogP contribution is 2.39. The zero-order chi connectivity index (χ0) is 14.7. The molecule has 0 amide bonds. The zero-order valence-corrected chi connectivity index (χ0v) is 14.3. The van der Waals surface area contributed by atoms with E-state index >= 15 is 0 Å². The Morgan fingerprint density at radius 1 is 1.24 bits per heavy atom. The molecule has 1 aromatic rings. The van der Waals surface area contributed by atoms with Crippen LogP contribution in [0.3, 0.4) is 0 Å². The largest absolute Gasteiger partial charge is 0.381 e. The van der Waals surface area contributed by atoms with E-state index in [9.17, 15) is 0 Å². The lowest BCUT2D eigenvalue weighted by atomic mass is 10.0. The van der Waals surface area contributed by atoms with Gasteiger partial charge >= 0.3 is 0 Å². The lowest BCUT2D eigenvalue weighted by Crippen LogP contribution is -2.13. The molecule has 0 spiro atoms. The van der Waals surface area contributed by atoms with Crippen LogP contribution in [0.1, 0.15) is 56.5 Å². The molecule has 1 aliphatic carbocycles. The van der Waals surface area contributed by atoms with Crippen molar-refractivity contribution < 1.29 is 4.74 Å². The second-order valence-electron chi connectivity index (χ2n) is 6.13. The molecule has 2 aliphatic rings. The van der Waals surface area contributed by atoms with E-state index in [1.165, 1.54) is 31.4 Å². The van der Waals surface area contributed by atoms with Gasteiger partial charge in [-0.05, 0) is 48.0 Å². The van der Waals surface area contributed by atoms with Crippen molar-refractivity contribution in [3.63, 3.8) is 0 Å². The van der Waals surface area contributed by atoms with Crippen LogP contribution in [0, 0.1) is 5.92 Å². The van der Waals surface area contributed by atoms with E-state index in [2.05, 4.69) is 28.2 Å². The molecular weight excluding hydrogens is 330 g/mol. The van der Waals surface area contributed by atoms with Crippen LogP contribution >= 0.6 is 15.9 Å². The Kier molecular flexibility index (Phi) is 5.11. The zero-order valence-electron chi connectivity index (χ0n) is 12.7. The van der Waals surface area contributed by atoms with E-state index in [0.717, 1.165) is 48.7 Å². The first-order valence-corrected chi connectivity index (χ1v) is 8.95. The summed E-state index contributed by atoms with van der Waals surface area (Å²) >= 11 is 3.73. The van der Waals surface area contributed by atoms with E-state index in [4.69, 9.17) is 14.7 Å². The SMILES string of the molecule is CCNc1nc(CC2CCOC2)nc(C2CCCC2)c1Br. The molecule has 116 valence electrons. The molecule has 2 heterocycles. The van der Waals surface area contributed by atoms with Crippen molar-refractivity contribution >= 4 is 21.7 Å². The number of nitrogens with one attached hydrogen (secondary N) is 1. The number of anilines is 1. The Labute approximate surface area is 135 Å². The summed E-state index contributed by atoms with van der Waals surface area (Å²) in [5.74, 6) is 3.12. The highest BCUT2D eigenvalue weighted by Gasteiger charge is 2.25. The number of aromatic nitrogens is 2. The first-order chi connectivity index (χ1) is 10.3. The van der Waals surface area contributed by atoms with Crippen LogP contribution in [0.4, 0.5) is 5.82 Å². The molecule has 0 aromatic carbocycles. The average Bonchev–Trinajstić information content (AvgIpc) is 3.15. The Hall–Kier alpha value is -0.680. The fraction of sp³-hybridized carbons (Fsp3) is 0.750. The normalized spacial score (nSPS) is 22.9. The Bertz CT molecular complexity index is 483. The fourth-order valence-corrected chi connectivity index (χ4v) is 4.00. The van der Waals surface area contributed by atoms with Gasteiger partial charge in [0.25, 0.3) is 0 Å².